The third-order valence-corrected chi connectivity index (χ3v) is 5.76. The zero-order chi connectivity index (χ0) is 14.8. The van der Waals surface area contributed by atoms with Crippen LogP contribution in [0.4, 0.5) is 5.69 Å². The maximum Gasteiger partial charge on any atom is 0.271 e. The fourth-order valence-electron chi connectivity index (χ4n) is 1.88. The van der Waals surface area contributed by atoms with Gasteiger partial charge in [0.2, 0.25) is 0 Å². The fraction of sp³-hybridized carbons (Fsp3) is 0.214. The van der Waals surface area contributed by atoms with Gasteiger partial charge in [-0.25, -0.2) is 8.42 Å². The summed E-state index contributed by atoms with van der Waals surface area (Å²) in [6.45, 7) is 3.84. The molecule has 4 nitrogen and oxygen atoms in total. The fourth-order valence-corrected chi connectivity index (χ4v) is 4.15. The Kier molecular flexibility index (Phi) is 4.12. The first-order chi connectivity index (χ1) is 9.47. The second-order valence-corrected chi connectivity index (χ2v) is 7.29. The lowest BCUT2D eigenvalue weighted by Crippen LogP contribution is -2.13. The lowest BCUT2D eigenvalue weighted by atomic mass is 10.1. The van der Waals surface area contributed by atoms with E-state index in [-0.39, 0.29) is 4.21 Å². The molecule has 20 heavy (non-hydrogen) atoms. The van der Waals surface area contributed by atoms with Crippen molar-refractivity contribution in [3.8, 4) is 6.07 Å². The van der Waals surface area contributed by atoms with E-state index in [1.165, 1.54) is 12.1 Å². The molecule has 2 aromatic rings. The number of nitrogens with zero attached hydrogens (tertiary/aromatic N) is 1. The summed E-state index contributed by atoms with van der Waals surface area (Å²) in [6.07, 6.45) is 0.743. The molecule has 1 heterocycles. The molecule has 6 heteroatoms. The highest BCUT2D eigenvalue weighted by atomic mass is 32.2. The van der Waals surface area contributed by atoms with Crippen LogP contribution in [0, 0.1) is 18.3 Å². The molecule has 0 radical (unpaired) electrons. The second-order valence-electron chi connectivity index (χ2n) is 4.30. The molecule has 0 aliphatic rings. The molecule has 0 amide bonds. The molecule has 0 bridgehead atoms. The Hall–Kier alpha value is -1.84. The minimum atomic E-state index is -3.64. The minimum Gasteiger partial charge on any atom is -0.278 e. The van der Waals surface area contributed by atoms with Gasteiger partial charge in [0.05, 0.1) is 5.69 Å². The van der Waals surface area contributed by atoms with E-state index >= 15 is 0 Å². The minimum absolute atomic E-state index is 0.152. The smallest absolute Gasteiger partial charge is 0.271 e. The van der Waals surface area contributed by atoms with Gasteiger partial charge in [-0.1, -0.05) is 25.1 Å². The number of aryl methyl sites for hydroxylation is 2. The second kappa shape index (κ2) is 5.65. The topological polar surface area (TPSA) is 70.0 Å². The summed E-state index contributed by atoms with van der Waals surface area (Å²) in [5, 5.41) is 8.78. The number of hydrogen-bond acceptors (Lipinski definition) is 4. The summed E-state index contributed by atoms with van der Waals surface area (Å²) in [6, 6.07) is 10.6. The third-order valence-electron chi connectivity index (χ3n) is 2.93. The van der Waals surface area contributed by atoms with Crippen molar-refractivity contribution in [1.29, 1.82) is 5.26 Å². The molecule has 0 spiro atoms. The van der Waals surface area contributed by atoms with Crippen molar-refractivity contribution in [3.05, 3.63) is 46.3 Å². The highest BCUT2D eigenvalue weighted by Gasteiger charge is 2.19. The Labute approximate surface area is 122 Å². The van der Waals surface area contributed by atoms with Gasteiger partial charge in [-0.3, -0.25) is 4.72 Å². The van der Waals surface area contributed by atoms with Gasteiger partial charge in [-0.2, -0.15) is 5.26 Å². The van der Waals surface area contributed by atoms with Gasteiger partial charge in [-0.15, -0.1) is 11.3 Å². The first-order valence-electron chi connectivity index (χ1n) is 6.09. The van der Waals surface area contributed by atoms with E-state index in [9.17, 15) is 8.42 Å². The van der Waals surface area contributed by atoms with Gasteiger partial charge in [-0.05, 0) is 36.6 Å². The van der Waals surface area contributed by atoms with Crippen molar-refractivity contribution in [2.45, 2.75) is 24.5 Å². The summed E-state index contributed by atoms with van der Waals surface area (Å²) >= 11 is 0.967. The van der Waals surface area contributed by atoms with Gasteiger partial charge in [0.25, 0.3) is 10.0 Å². The van der Waals surface area contributed by atoms with Crippen LogP contribution in [0.2, 0.25) is 0 Å². The molecule has 0 aliphatic carbocycles. The van der Waals surface area contributed by atoms with Gasteiger partial charge in [0.15, 0.2) is 0 Å². The molecule has 1 N–H and O–H groups in total. The molecule has 104 valence electrons. The Morgan fingerprint density at radius 3 is 2.65 bits per heavy atom. The van der Waals surface area contributed by atoms with Crippen LogP contribution in [0.15, 0.2) is 34.5 Å². The van der Waals surface area contributed by atoms with E-state index < -0.39 is 10.0 Å². The van der Waals surface area contributed by atoms with Crippen LogP contribution < -0.4 is 4.72 Å². The van der Waals surface area contributed by atoms with Crippen molar-refractivity contribution >= 4 is 27.0 Å². The van der Waals surface area contributed by atoms with Crippen LogP contribution in [0.5, 0.6) is 0 Å². The predicted octanol–water partition coefficient (Wildman–Crippen LogP) is 3.29. The normalized spacial score (nSPS) is 11.1. The van der Waals surface area contributed by atoms with Crippen molar-refractivity contribution in [2.75, 3.05) is 4.72 Å². The first-order valence-corrected chi connectivity index (χ1v) is 8.39. The highest BCUT2D eigenvalue weighted by Crippen LogP contribution is 2.27. The van der Waals surface area contributed by atoms with Crippen LogP contribution >= 0.6 is 11.3 Å². The molecule has 2 rings (SSSR count). The summed E-state index contributed by atoms with van der Waals surface area (Å²) in [5.74, 6) is 0. The molecular formula is C14H14N2O2S2. The van der Waals surface area contributed by atoms with Crippen LogP contribution in [0.3, 0.4) is 0 Å². The molecule has 0 atom stereocenters. The molecule has 1 aromatic heterocycles. The monoisotopic (exact) mass is 306 g/mol. The maximum absolute atomic E-state index is 12.3. The van der Waals surface area contributed by atoms with Crippen LogP contribution in [-0.2, 0) is 16.4 Å². The Morgan fingerprint density at radius 2 is 2.05 bits per heavy atom. The lowest BCUT2D eigenvalue weighted by Gasteiger charge is -2.13. The van der Waals surface area contributed by atoms with Crippen LogP contribution in [0.1, 0.15) is 22.9 Å². The number of nitrogens with one attached hydrogen (secondary N) is 1. The summed E-state index contributed by atoms with van der Waals surface area (Å²) < 4.78 is 27.5. The van der Waals surface area contributed by atoms with E-state index in [4.69, 9.17) is 5.26 Å². The molecular weight excluding hydrogens is 292 g/mol. The average molecular weight is 306 g/mol. The molecule has 1 aromatic carbocycles. The van der Waals surface area contributed by atoms with Crippen LogP contribution in [0.25, 0.3) is 0 Å². The number of rotatable bonds is 4. The quantitative estimate of drug-likeness (QED) is 0.942. The zero-order valence-electron chi connectivity index (χ0n) is 11.2. The number of benzene rings is 1. The number of anilines is 1. The van der Waals surface area contributed by atoms with Crippen LogP contribution in [-0.4, -0.2) is 8.42 Å². The molecule has 0 saturated heterocycles. The number of sulfonamides is 1. The highest BCUT2D eigenvalue weighted by molar-refractivity contribution is 7.94. The van der Waals surface area contributed by atoms with E-state index in [1.807, 2.05) is 38.1 Å². The molecule has 0 aliphatic heterocycles. The van der Waals surface area contributed by atoms with E-state index in [2.05, 4.69) is 4.72 Å². The van der Waals surface area contributed by atoms with E-state index in [0.717, 1.165) is 28.9 Å². The largest absolute Gasteiger partial charge is 0.278 e. The predicted molar refractivity (Wildman–Crippen MR) is 80.4 cm³/mol. The zero-order valence-corrected chi connectivity index (χ0v) is 12.8. The third kappa shape index (κ3) is 2.84. The summed E-state index contributed by atoms with van der Waals surface area (Å²) in [4.78, 5) is 0.380. The average Bonchev–Trinajstić information content (AvgIpc) is 2.90. The summed E-state index contributed by atoms with van der Waals surface area (Å²) in [7, 11) is -3.64. The maximum atomic E-state index is 12.3. The van der Waals surface area contributed by atoms with E-state index in [1.54, 1.807) is 0 Å². The van der Waals surface area contributed by atoms with Crippen molar-refractivity contribution < 1.29 is 8.42 Å². The molecule has 0 fully saturated rings. The number of hydrogen-bond donors (Lipinski definition) is 1. The summed E-state index contributed by atoms with van der Waals surface area (Å²) in [5.41, 5.74) is 2.46. The lowest BCUT2D eigenvalue weighted by molar-refractivity contribution is 0.603. The Balaban J connectivity index is 2.41. The van der Waals surface area contributed by atoms with Crippen molar-refractivity contribution in [2.24, 2.45) is 0 Å². The van der Waals surface area contributed by atoms with Gasteiger partial charge >= 0.3 is 0 Å². The van der Waals surface area contributed by atoms with E-state index in [0.29, 0.717) is 10.6 Å². The standard InChI is InChI=1S/C14H14N2O2S2/c1-3-11-6-4-5-10(2)14(11)16-20(17,18)13-8-7-12(9-15)19-13/h4-8,16H,3H2,1-2H3. The molecule has 0 unspecified atom stereocenters. The first kappa shape index (κ1) is 14.6. The van der Waals surface area contributed by atoms with Gasteiger partial charge in [0.1, 0.15) is 15.2 Å². The van der Waals surface area contributed by atoms with Gasteiger partial charge in [0, 0.05) is 0 Å². The molecule has 0 saturated carbocycles. The Bertz CT molecular complexity index is 771. The number of nitriles is 1. The Morgan fingerprint density at radius 1 is 1.30 bits per heavy atom. The number of para-hydroxylation sites is 1. The van der Waals surface area contributed by atoms with Gasteiger partial charge < -0.3 is 0 Å². The number of thiophene rings is 1. The SMILES string of the molecule is CCc1cccc(C)c1NS(=O)(=O)c1ccc(C#N)s1. The van der Waals surface area contributed by atoms with Crippen molar-refractivity contribution in [1.82, 2.24) is 0 Å². The van der Waals surface area contributed by atoms with Crippen molar-refractivity contribution in [3.63, 3.8) is 0 Å².